The summed E-state index contributed by atoms with van der Waals surface area (Å²) in [7, 11) is 1.86. The van der Waals surface area contributed by atoms with Crippen molar-refractivity contribution < 1.29 is 4.79 Å². The predicted molar refractivity (Wildman–Crippen MR) is 87.9 cm³/mol. The van der Waals surface area contributed by atoms with Crippen molar-refractivity contribution in [3.05, 3.63) is 66.0 Å². The van der Waals surface area contributed by atoms with Crippen LogP contribution < -0.4 is 0 Å². The summed E-state index contributed by atoms with van der Waals surface area (Å²) in [5.74, 6) is 0.0483. The number of aryl methyl sites for hydroxylation is 1. The van der Waals surface area contributed by atoms with Gasteiger partial charge in [0.25, 0.3) is 0 Å². The molecule has 0 fully saturated rings. The summed E-state index contributed by atoms with van der Waals surface area (Å²) in [6.45, 7) is 1.43. The van der Waals surface area contributed by atoms with Crippen molar-refractivity contribution in [3.8, 4) is 0 Å². The second-order valence-corrected chi connectivity index (χ2v) is 5.41. The highest BCUT2D eigenvalue weighted by molar-refractivity contribution is 5.92. The zero-order valence-corrected chi connectivity index (χ0v) is 12.6. The van der Waals surface area contributed by atoms with Crippen LogP contribution in [-0.4, -0.2) is 33.7 Å². The van der Waals surface area contributed by atoms with Crippen LogP contribution in [0, 0.1) is 0 Å². The smallest absolute Gasteiger partial charge is 0.246 e. The molecule has 1 aliphatic rings. The number of hydrogen-bond donors (Lipinski definition) is 0. The van der Waals surface area contributed by atoms with E-state index < -0.39 is 0 Å². The monoisotopic (exact) mass is 293 g/mol. The van der Waals surface area contributed by atoms with E-state index in [1.54, 1.807) is 17.0 Å². The molecule has 112 valence electrons. The molecule has 0 N–H and O–H groups in total. The Hall–Kier alpha value is -2.62. The second kappa shape index (κ2) is 6.43. The number of benzene rings is 1. The first-order valence-electron chi connectivity index (χ1n) is 7.42. The number of hydrogen-bond acceptors (Lipinski definition) is 2. The third-order valence-corrected chi connectivity index (χ3v) is 3.81. The molecule has 0 atom stereocenters. The molecule has 2 heterocycles. The number of nitrogens with zero attached hydrogens (tertiary/aromatic N) is 3. The molecule has 1 aromatic heterocycles. The summed E-state index contributed by atoms with van der Waals surface area (Å²) in [5, 5.41) is 4.08. The maximum Gasteiger partial charge on any atom is 0.246 e. The lowest BCUT2D eigenvalue weighted by Gasteiger charge is -2.25. The van der Waals surface area contributed by atoms with Crippen LogP contribution >= 0.6 is 0 Å². The van der Waals surface area contributed by atoms with Crippen molar-refractivity contribution in [1.82, 2.24) is 14.7 Å². The summed E-state index contributed by atoms with van der Waals surface area (Å²) in [6, 6.07) is 10.3. The van der Waals surface area contributed by atoms with Gasteiger partial charge in [0.1, 0.15) is 0 Å². The van der Waals surface area contributed by atoms with Crippen LogP contribution in [0.5, 0.6) is 0 Å². The van der Waals surface area contributed by atoms with Crippen molar-refractivity contribution in [2.45, 2.75) is 6.42 Å². The van der Waals surface area contributed by atoms with Crippen molar-refractivity contribution in [2.24, 2.45) is 7.05 Å². The summed E-state index contributed by atoms with van der Waals surface area (Å²) in [4.78, 5) is 14.1. The lowest BCUT2D eigenvalue weighted by atomic mass is 9.99. The van der Waals surface area contributed by atoms with E-state index in [0.717, 1.165) is 18.5 Å². The number of amides is 1. The molecule has 0 saturated heterocycles. The van der Waals surface area contributed by atoms with Gasteiger partial charge in [-0.05, 0) is 23.6 Å². The maximum absolute atomic E-state index is 12.2. The molecule has 1 amide bonds. The molecule has 0 aliphatic carbocycles. The van der Waals surface area contributed by atoms with E-state index in [2.05, 4.69) is 23.3 Å². The number of carbonyl (C=O) groups is 1. The lowest BCUT2D eigenvalue weighted by Crippen LogP contribution is -2.33. The average Bonchev–Trinajstić information content (AvgIpc) is 2.99. The van der Waals surface area contributed by atoms with Gasteiger partial charge in [0, 0.05) is 38.0 Å². The third kappa shape index (κ3) is 3.34. The van der Waals surface area contributed by atoms with Crippen molar-refractivity contribution >= 4 is 17.6 Å². The minimum absolute atomic E-state index is 0.0483. The van der Waals surface area contributed by atoms with Gasteiger partial charge in [-0.15, -0.1) is 0 Å². The Kier molecular flexibility index (Phi) is 4.19. The molecule has 4 heteroatoms. The quantitative estimate of drug-likeness (QED) is 0.816. The van der Waals surface area contributed by atoms with Gasteiger partial charge in [0.2, 0.25) is 5.91 Å². The molecule has 1 aromatic carbocycles. The van der Waals surface area contributed by atoms with Crippen LogP contribution in [0.2, 0.25) is 0 Å². The summed E-state index contributed by atoms with van der Waals surface area (Å²) < 4.78 is 1.72. The van der Waals surface area contributed by atoms with Crippen LogP contribution in [0.3, 0.4) is 0 Å². The predicted octanol–water partition coefficient (Wildman–Crippen LogP) is 2.75. The van der Waals surface area contributed by atoms with E-state index in [4.69, 9.17) is 0 Å². The molecule has 4 nitrogen and oxygen atoms in total. The SMILES string of the molecule is Cn1cc(/C=C/C(=O)N2CC=C(c3ccccc3)CC2)cn1. The highest BCUT2D eigenvalue weighted by Gasteiger charge is 2.15. The minimum Gasteiger partial charge on any atom is -0.335 e. The van der Waals surface area contributed by atoms with Gasteiger partial charge in [0.15, 0.2) is 0 Å². The first-order chi connectivity index (χ1) is 10.7. The molecule has 3 rings (SSSR count). The summed E-state index contributed by atoms with van der Waals surface area (Å²) in [5.41, 5.74) is 3.51. The van der Waals surface area contributed by atoms with Crippen molar-refractivity contribution in [3.63, 3.8) is 0 Å². The Morgan fingerprint density at radius 3 is 2.73 bits per heavy atom. The van der Waals surface area contributed by atoms with E-state index in [1.165, 1.54) is 11.1 Å². The van der Waals surface area contributed by atoms with Gasteiger partial charge < -0.3 is 4.90 Å². The van der Waals surface area contributed by atoms with Crippen molar-refractivity contribution in [2.75, 3.05) is 13.1 Å². The molecule has 0 spiro atoms. The number of rotatable bonds is 3. The van der Waals surface area contributed by atoms with Crippen LogP contribution in [0.15, 0.2) is 54.9 Å². The van der Waals surface area contributed by atoms with E-state index in [0.29, 0.717) is 6.54 Å². The Bertz CT molecular complexity index is 713. The van der Waals surface area contributed by atoms with Crippen LogP contribution in [-0.2, 0) is 11.8 Å². The van der Waals surface area contributed by atoms with E-state index in [-0.39, 0.29) is 5.91 Å². The molecular formula is C18H19N3O. The highest BCUT2D eigenvalue weighted by atomic mass is 16.2. The molecule has 0 radical (unpaired) electrons. The van der Waals surface area contributed by atoms with E-state index in [1.807, 2.05) is 42.4 Å². The average molecular weight is 293 g/mol. The van der Waals surface area contributed by atoms with E-state index in [9.17, 15) is 4.79 Å². The van der Waals surface area contributed by atoms with Crippen LogP contribution in [0.1, 0.15) is 17.5 Å². The Morgan fingerprint density at radius 1 is 1.27 bits per heavy atom. The van der Waals surface area contributed by atoms with Gasteiger partial charge in [-0.2, -0.15) is 5.10 Å². The van der Waals surface area contributed by atoms with Gasteiger partial charge >= 0.3 is 0 Å². The normalized spacial score (nSPS) is 15.1. The molecule has 0 bridgehead atoms. The minimum atomic E-state index is 0.0483. The fourth-order valence-electron chi connectivity index (χ4n) is 2.58. The molecule has 0 saturated carbocycles. The Morgan fingerprint density at radius 2 is 2.09 bits per heavy atom. The summed E-state index contributed by atoms with van der Waals surface area (Å²) in [6.07, 6.45) is 10.1. The number of carbonyl (C=O) groups excluding carboxylic acids is 1. The highest BCUT2D eigenvalue weighted by Crippen LogP contribution is 2.22. The topological polar surface area (TPSA) is 38.1 Å². The van der Waals surface area contributed by atoms with Crippen LogP contribution in [0.25, 0.3) is 11.6 Å². The standard InChI is InChI=1S/C18H19N3O/c1-20-14-15(13-19-20)7-8-18(22)21-11-9-17(10-12-21)16-5-3-2-4-6-16/h2-9,13-14H,10-12H2,1H3/b8-7+. The fraction of sp³-hybridized carbons (Fsp3) is 0.222. The van der Waals surface area contributed by atoms with E-state index >= 15 is 0 Å². The molecular weight excluding hydrogens is 274 g/mol. The fourth-order valence-corrected chi connectivity index (χ4v) is 2.58. The van der Waals surface area contributed by atoms with Crippen molar-refractivity contribution in [1.29, 1.82) is 0 Å². The molecule has 22 heavy (non-hydrogen) atoms. The van der Waals surface area contributed by atoms with Gasteiger partial charge in [-0.1, -0.05) is 36.4 Å². The van der Waals surface area contributed by atoms with Gasteiger partial charge in [0.05, 0.1) is 6.20 Å². The second-order valence-electron chi connectivity index (χ2n) is 5.41. The molecule has 2 aromatic rings. The zero-order valence-electron chi connectivity index (χ0n) is 12.6. The Labute approximate surface area is 130 Å². The zero-order chi connectivity index (χ0) is 15.4. The maximum atomic E-state index is 12.2. The Balaban J connectivity index is 1.62. The van der Waals surface area contributed by atoms with Crippen LogP contribution in [0.4, 0.5) is 0 Å². The molecule has 1 aliphatic heterocycles. The van der Waals surface area contributed by atoms with Gasteiger partial charge in [-0.3, -0.25) is 9.48 Å². The first kappa shape index (κ1) is 14.3. The van der Waals surface area contributed by atoms with Gasteiger partial charge in [-0.25, -0.2) is 0 Å². The lowest BCUT2D eigenvalue weighted by molar-refractivity contribution is -0.125. The molecule has 0 unspecified atom stereocenters. The number of aromatic nitrogens is 2. The largest absolute Gasteiger partial charge is 0.335 e. The first-order valence-corrected chi connectivity index (χ1v) is 7.42. The third-order valence-electron chi connectivity index (χ3n) is 3.81. The summed E-state index contributed by atoms with van der Waals surface area (Å²) >= 11 is 0.